The topological polar surface area (TPSA) is 73.4 Å². The van der Waals surface area contributed by atoms with E-state index in [1.54, 1.807) is 29.2 Å². The maximum atomic E-state index is 13.4. The van der Waals surface area contributed by atoms with Crippen LogP contribution in [0.5, 0.6) is 0 Å². The first-order valence-corrected chi connectivity index (χ1v) is 10.1. The van der Waals surface area contributed by atoms with E-state index in [1.165, 1.54) is 18.2 Å². The number of benzene rings is 2. The predicted molar refractivity (Wildman–Crippen MR) is 116 cm³/mol. The number of carbonyl (C=O) groups is 1. The number of carbonyl (C=O) groups excluding carboxylic acids is 1. The van der Waals surface area contributed by atoms with Crippen LogP contribution in [-0.4, -0.2) is 42.0 Å². The summed E-state index contributed by atoms with van der Waals surface area (Å²) in [6.07, 6.45) is 3.43. The summed E-state index contributed by atoms with van der Waals surface area (Å²) in [7, 11) is 0. The number of nitriles is 1. The molecule has 6 nitrogen and oxygen atoms in total. The van der Waals surface area contributed by atoms with Crippen LogP contribution in [-0.2, 0) is 0 Å². The Morgan fingerprint density at radius 3 is 2.61 bits per heavy atom. The third-order valence-electron chi connectivity index (χ3n) is 4.97. The minimum absolute atomic E-state index is 0.184. The van der Waals surface area contributed by atoms with Gasteiger partial charge in [-0.15, -0.1) is 0 Å². The largest absolute Gasteiger partial charge is 0.420 e. The van der Waals surface area contributed by atoms with Crippen LogP contribution in [0.2, 0.25) is 5.02 Å². The highest BCUT2D eigenvalue weighted by Crippen LogP contribution is 2.25. The molecule has 1 saturated heterocycles. The van der Waals surface area contributed by atoms with Gasteiger partial charge < -0.3 is 14.2 Å². The number of hydrogen-bond donors (Lipinski definition) is 0. The number of hydrogen-bond acceptors (Lipinski definition) is 5. The fourth-order valence-corrected chi connectivity index (χ4v) is 3.57. The molecule has 0 atom stereocenters. The third-order valence-corrected chi connectivity index (χ3v) is 5.31. The van der Waals surface area contributed by atoms with E-state index in [4.69, 9.17) is 16.0 Å². The average molecular weight is 437 g/mol. The quantitative estimate of drug-likeness (QED) is 0.603. The van der Waals surface area contributed by atoms with Crippen LogP contribution in [0.1, 0.15) is 27.5 Å². The second kappa shape index (κ2) is 9.02. The van der Waals surface area contributed by atoms with Crippen molar-refractivity contribution in [3.05, 3.63) is 82.1 Å². The normalized spacial score (nSPS) is 14.1. The monoisotopic (exact) mass is 436 g/mol. The predicted octanol–water partition coefficient (Wildman–Crippen LogP) is 4.47. The molecule has 2 aromatic carbocycles. The summed E-state index contributed by atoms with van der Waals surface area (Å²) in [5, 5.41) is 10.1. The summed E-state index contributed by atoms with van der Waals surface area (Å²) in [6, 6.07) is 15.1. The first-order valence-electron chi connectivity index (χ1n) is 9.68. The maximum Gasteiger partial charge on any atom is 0.254 e. The van der Waals surface area contributed by atoms with Gasteiger partial charge in [-0.3, -0.25) is 4.79 Å². The Kier molecular flexibility index (Phi) is 6.01. The number of amides is 1. The molecule has 8 heteroatoms. The lowest BCUT2D eigenvalue weighted by Crippen LogP contribution is -2.48. The minimum atomic E-state index is -0.442. The van der Waals surface area contributed by atoms with Crippen molar-refractivity contribution < 1.29 is 13.6 Å². The fraction of sp³-hybridized carbons (Fsp3) is 0.174. The van der Waals surface area contributed by atoms with Gasteiger partial charge in [0, 0.05) is 42.8 Å². The summed E-state index contributed by atoms with van der Waals surface area (Å²) in [6.45, 7) is 1.79. The van der Waals surface area contributed by atoms with Gasteiger partial charge in [-0.1, -0.05) is 35.9 Å². The van der Waals surface area contributed by atoms with Crippen molar-refractivity contribution >= 4 is 35.5 Å². The molecule has 1 fully saturated rings. The average Bonchev–Trinajstić information content (AvgIpc) is 3.21. The fourth-order valence-electron chi connectivity index (χ4n) is 3.37. The van der Waals surface area contributed by atoms with Gasteiger partial charge in [0.15, 0.2) is 0 Å². The van der Waals surface area contributed by atoms with Crippen molar-refractivity contribution in [1.82, 2.24) is 9.88 Å². The van der Waals surface area contributed by atoms with Crippen molar-refractivity contribution in [3.8, 4) is 6.07 Å². The Labute approximate surface area is 183 Å². The lowest BCUT2D eigenvalue weighted by molar-refractivity contribution is 0.0745. The van der Waals surface area contributed by atoms with Crippen molar-refractivity contribution in [3.63, 3.8) is 0 Å². The molecule has 31 heavy (non-hydrogen) atoms. The van der Waals surface area contributed by atoms with Crippen LogP contribution in [0.3, 0.4) is 0 Å². The molecule has 3 aromatic rings. The van der Waals surface area contributed by atoms with Crippen LogP contribution in [0, 0.1) is 17.1 Å². The number of halogens is 2. The Morgan fingerprint density at radius 1 is 1.13 bits per heavy atom. The lowest BCUT2D eigenvalue weighted by atomic mass is 10.1. The number of rotatable bonds is 4. The molecular formula is C23H18ClFN4O2. The van der Waals surface area contributed by atoms with Gasteiger partial charge in [0.1, 0.15) is 11.9 Å². The van der Waals surface area contributed by atoms with Crippen LogP contribution in [0.25, 0.3) is 12.2 Å². The van der Waals surface area contributed by atoms with E-state index in [9.17, 15) is 14.4 Å². The standard InChI is InChI=1S/C23H18ClFN4O2/c24-19-7-2-1-4-16(19)8-9-21-27-20(15-26)23(31-21)29-12-10-28(11-13-29)22(30)17-5-3-6-18(25)14-17/h1-9,14H,10-13H2. The van der Waals surface area contributed by atoms with Gasteiger partial charge in [-0.05, 0) is 35.9 Å². The number of nitrogens with zero attached hydrogens (tertiary/aromatic N) is 4. The SMILES string of the molecule is N#Cc1nc(C=Cc2ccccc2Cl)oc1N1CCN(C(=O)c2cccc(F)c2)CC1. The Bertz CT molecular complexity index is 1180. The van der Waals surface area contributed by atoms with E-state index in [1.807, 2.05) is 23.1 Å². The molecule has 1 aromatic heterocycles. The zero-order valence-electron chi connectivity index (χ0n) is 16.5. The molecule has 4 rings (SSSR count). The Hall–Kier alpha value is -3.63. The smallest absolute Gasteiger partial charge is 0.254 e. The number of aromatic nitrogens is 1. The number of anilines is 1. The molecule has 1 aliphatic rings. The molecule has 156 valence electrons. The van der Waals surface area contributed by atoms with Gasteiger partial charge in [0.25, 0.3) is 5.91 Å². The molecule has 1 aliphatic heterocycles. The molecule has 0 unspecified atom stereocenters. The van der Waals surface area contributed by atoms with E-state index >= 15 is 0 Å². The summed E-state index contributed by atoms with van der Waals surface area (Å²) >= 11 is 6.15. The summed E-state index contributed by atoms with van der Waals surface area (Å²) in [5.41, 5.74) is 1.31. The van der Waals surface area contributed by atoms with Crippen molar-refractivity contribution in [2.45, 2.75) is 0 Å². The zero-order valence-corrected chi connectivity index (χ0v) is 17.2. The van der Waals surface area contributed by atoms with Crippen LogP contribution < -0.4 is 4.90 Å². The van der Waals surface area contributed by atoms with Crippen molar-refractivity contribution in [2.75, 3.05) is 31.1 Å². The van der Waals surface area contributed by atoms with Gasteiger partial charge in [-0.25, -0.2) is 4.39 Å². The van der Waals surface area contributed by atoms with E-state index in [0.717, 1.165) is 5.56 Å². The number of oxazole rings is 1. The van der Waals surface area contributed by atoms with E-state index in [0.29, 0.717) is 48.5 Å². The van der Waals surface area contributed by atoms with Crippen LogP contribution >= 0.6 is 11.6 Å². The minimum Gasteiger partial charge on any atom is -0.420 e. The van der Waals surface area contributed by atoms with Crippen molar-refractivity contribution in [2.24, 2.45) is 0 Å². The highest BCUT2D eigenvalue weighted by atomic mass is 35.5. The molecule has 0 spiro atoms. The van der Waals surface area contributed by atoms with Crippen LogP contribution in [0.15, 0.2) is 52.9 Å². The molecule has 0 saturated carbocycles. The first kappa shape index (κ1) is 20.6. The number of piperazine rings is 1. The summed E-state index contributed by atoms with van der Waals surface area (Å²) in [4.78, 5) is 20.4. The van der Waals surface area contributed by atoms with Gasteiger partial charge in [-0.2, -0.15) is 10.2 Å². The van der Waals surface area contributed by atoms with E-state index in [2.05, 4.69) is 11.1 Å². The van der Waals surface area contributed by atoms with Gasteiger partial charge in [0.2, 0.25) is 17.5 Å². The second-order valence-electron chi connectivity index (χ2n) is 6.96. The summed E-state index contributed by atoms with van der Waals surface area (Å²) < 4.78 is 19.2. The third kappa shape index (κ3) is 4.60. The zero-order chi connectivity index (χ0) is 21.8. The molecule has 0 aliphatic carbocycles. The van der Waals surface area contributed by atoms with Gasteiger partial charge >= 0.3 is 0 Å². The first-order chi connectivity index (χ1) is 15.0. The molecule has 0 N–H and O–H groups in total. The Balaban J connectivity index is 1.45. The highest BCUT2D eigenvalue weighted by molar-refractivity contribution is 6.32. The Morgan fingerprint density at radius 2 is 1.90 bits per heavy atom. The van der Waals surface area contributed by atoms with E-state index in [-0.39, 0.29) is 11.6 Å². The maximum absolute atomic E-state index is 13.4. The molecule has 0 radical (unpaired) electrons. The second-order valence-corrected chi connectivity index (χ2v) is 7.37. The summed E-state index contributed by atoms with van der Waals surface area (Å²) in [5.74, 6) is 0.00618. The molecular weight excluding hydrogens is 419 g/mol. The van der Waals surface area contributed by atoms with Crippen molar-refractivity contribution in [1.29, 1.82) is 5.26 Å². The van der Waals surface area contributed by atoms with E-state index < -0.39 is 5.82 Å². The van der Waals surface area contributed by atoms with Crippen LogP contribution in [0.4, 0.5) is 10.3 Å². The molecule has 1 amide bonds. The lowest BCUT2D eigenvalue weighted by Gasteiger charge is -2.34. The molecule has 2 heterocycles. The highest BCUT2D eigenvalue weighted by Gasteiger charge is 2.26. The molecule has 0 bridgehead atoms. The van der Waals surface area contributed by atoms with Gasteiger partial charge in [0.05, 0.1) is 0 Å².